The first-order chi connectivity index (χ1) is 6.20. The molecule has 3 unspecified atom stereocenters. The third-order valence-electron chi connectivity index (χ3n) is 2.93. The lowest BCUT2D eigenvalue weighted by Gasteiger charge is -2.27. The van der Waals surface area contributed by atoms with E-state index in [1.165, 1.54) is 0 Å². The van der Waals surface area contributed by atoms with Gasteiger partial charge in [-0.2, -0.15) is 0 Å². The maximum atomic E-state index is 11.8. The Morgan fingerprint density at radius 1 is 1.46 bits per heavy atom. The number of hydrogen-bond acceptors (Lipinski definition) is 3. The predicted molar refractivity (Wildman–Crippen MR) is 47.9 cm³/mol. The Hall–Kier alpha value is -0.610. The Bertz CT molecular complexity index is 220. The highest BCUT2D eigenvalue weighted by molar-refractivity contribution is 5.82. The van der Waals surface area contributed by atoms with Crippen molar-refractivity contribution in [3.63, 3.8) is 0 Å². The summed E-state index contributed by atoms with van der Waals surface area (Å²) in [6.07, 6.45) is 2.64. The molecule has 2 aliphatic rings. The van der Waals surface area contributed by atoms with Crippen LogP contribution >= 0.6 is 0 Å². The van der Waals surface area contributed by atoms with E-state index in [4.69, 9.17) is 10.5 Å². The van der Waals surface area contributed by atoms with Crippen molar-refractivity contribution in [1.29, 1.82) is 0 Å². The van der Waals surface area contributed by atoms with E-state index >= 15 is 0 Å². The number of amides is 1. The molecular weight excluding hydrogens is 168 g/mol. The Labute approximate surface area is 78.0 Å². The maximum absolute atomic E-state index is 11.8. The molecule has 13 heavy (non-hydrogen) atoms. The van der Waals surface area contributed by atoms with E-state index in [1.54, 1.807) is 0 Å². The van der Waals surface area contributed by atoms with Crippen molar-refractivity contribution in [2.24, 2.45) is 5.73 Å². The summed E-state index contributed by atoms with van der Waals surface area (Å²) >= 11 is 0. The molecule has 2 saturated heterocycles. The summed E-state index contributed by atoms with van der Waals surface area (Å²) < 4.78 is 5.56. The fourth-order valence-electron chi connectivity index (χ4n) is 2.11. The van der Waals surface area contributed by atoms with E-state index in [0.29, 0.717) is 19.1 Å². The Balaban J connectivity index is 2.18. The SMILES string of the molecule is CC1CCC2OCCC(N)C(=O)N12. The van der Waals surface area contributed by atoms with Gasteiger partial charge in [0.25, 0.3) is 0 Å². The third-order valence-corrected chi connectivity index (χ3v) is 2.93. The molecule has 3 atom stereocenters. The van der Waals surface area contributed by atoms with E-state index in [-0.39, 0.29) is 18.2 Å². The van der Waals surface area contributed by atoms with Gasteiger partial charge in [-0.15, -0.1) is 0 Å². The number of hydrogen-bond donors (Lipinski definition) is 1. The lowest BCUT2D eigenvalue weighted by atomic mass is 10.2. The number of nitrogens with zero attached hydrogens (tertiary/aromatic N) is 1. The maximum Gasteiger partial charge on any atom is 0.241 e. The molecule has 0 aromatic rings. The van der Waals surface area contributed by atoms with Crippen LogP contribution in [0.25, 0.3) is 0 Å². The number of ether oxygens (including phenoxy) is 1. The van der Waals surface area contributed by atoms with Crippen LogP contribution in [-0.4, -0.2) is 35.7 Å². The van der Waals surface area contributed by atoms with Crippen LogP contribution in [0.1, 0.15) is 26.2 Å². The van der Waals surface area contributed by atoms with Crippen molar-refractivity contribution in [2.75, 3.05) is 6.61 Å². The minimum Gasteiger partial charge on any atom is -0.358 e. The number of carbonyl (C=O) groups is 1. The van der Waals surface area contributed by atoms with Gasteiger partial charge in [-0.05, 0) is 26.2 Å². The Morgan fingerprint density at radius 3 is 3.00 bits per heavy atom. The lowest BCUT2D eigenvalue weighted by molar-refractivity contribution is -0.141. The molecule has 4 nitrogen and oxygen atoms in total. The van der Waals surface area contributed by atoms with Gasteiger partial charge in [0.2, 0.25) is 5.91 Å². The van der Waals surface area contributed by atoms with E-state index in [0.717, 1.165) is 12.8 Å². The molecule has 0 aliphatic carbocycles. The highest BCUT2D eigenvalue weighted by atomic mass is 16.5. The number of fused-ring (bicyclic) bond motifs is 1. The molecule has 0 spiro atoms. The summed E-state index contributed by atoms with van der Waals surface area (Å²) in [6.45, 7) is 2.67. The molecule has 2 N–H and O–H groups in total. The van der Waals surface area contributed by atoms with Gasteiger partial charge in [0.15, 0.2) is 0 Å². The second-order valence-corrected chi connectivity index (χ2v) is 3.89. The molecule has 2 heterocycles. The smallest absolute Gasteiger partial charge is 0.241 e. The molecule has 4 heteroatoms. The van der Waals surface area contributed by atoms with Crippen molar-refractivity contribution < 1.29 is 9.53 Å². The van der Waals surface area contributed by atoms with Gasteiger partial charge >= 0.3 is 0 Å². The first-order valence-corrected chi connectivity index (χ1v) is 4.89. The van der Waals surface area contributed by atoms with E-state index < -0.39 is 0 Å². The van der Waals surface area contributed by atoms with Crippen molar-refractivity contribution in [3.05, 3.63) is 0 Å². The Kier molecular flexibility index (Phi) is 2.26. The van der Waals surface area contributed by atoms with Crippen LogP contribution in [0.2, 0.25) is 0 Å². The fraction of sp³-hybridized carbons (Fsp3) is 0.889. The minimum absolute atomic E-state index is 0.00366. The average Bonchev–Trinajstić information content (AvgIpc) is 2.39. The molecule has 0 aromatic heterocycles. The summed E-state index contributed by atoms with van der Waals surface area (Å²) in [4.78, 5) is 13.6. The monoisotopic (exact) mass is 184 g/mol. The summed E-state index contributed by atoms with van der Waals surface area (Å²) in [6, 6.07) is -0.0628. The van der Waals surface area contributed by atoms with Gasteiger partial charge in [0.05, 0.1) is 12.6 Å². The molecule has 2 rings (SSSR count). The minimum atomic E-state index is -0.356. The van der Waals surface area contributed by atoms with Gasteiger partial charge < -0.3 is 15.4 Å². The highest BCUT2D eigenvalue weighted by Gasteiger charge is 2.38. The molecule has 1 amide bonds. The summed E-state index contributed by atoms with van der Waals surface area (Å²) in [5.74, 6) is 0.0625. The molecule has 0 bridgehead atoms. The van der Waals surface area contributed by atoms with Gasteiger partial charge in [-0.3, -0.25) is 4.79 Å². The molecular formula is C9H16N2O2. The summed E-state index contributed by atoms with van der Waals surface area (Å²) in [5.41, 5.74) is 5.73. The van der Waals surface area contributed by atoms with Crippen molar-refractivity contribution in [1.82, 2.24) is 4.90 Å². The first-order valence-electron chi connectivity index (χ1n) is 4.89. The third kappa shape index (κ3) is 1.44. The lowest BCUT2D eigenvalue weighted by Crippen LogP contribution is -2.47. The summed E-state index contributed by atoms with van der Waals surface area (Å²) in [7, 11) is 0. The zero-order valence-electron chi connectivity index (χ0n) is 7.90. The van der Waals surface area contributed by atoms with Crippen LogP contribution in [0.4, 0.5) is 0 Å². The van der Waals surface area contributed by atoms with Gasteiger partial charge in [-0.1, -0.05) is 0 Å². The van der Waals surface area contributed by atoms with E-state index in [1.807, 2.05) is 4.90 Å². The molecule has 0 saturated carbocycles. The normalized spacial score (nSPS) is 40.3. The fourth-order valence-corrected chi connectivity index (χ4v) is 2.11. The number of rotatable bonds is 0. The van der Waals surface area contributed by atoms with Crippen LogP contribution in [0, 0.1) is 0 Å². The quantitative estimate of drug-likeness (QED) is 0.579. The molecule has 0 aromatic carbocycles. The molecule has 2 aliphatic heterocycles. The topological polar surface area (TPSA) is 55.6 Å². The number of carbonyl (C=O) groups excluding carboxylic acids is 1. The molecule has 0 radical (unpaired) electrons. The van der Waals surface area contributed by atoms with Crippen LogP contribution < -0.4 is 5.73 Å². The van der Waals surface area contributed by atoms with Gasteiger partial charge in [0.1, 0.15) is 6.23 Å². The zero-order chi connectivity index (χ0) is 9.42. The van der Waals surface area contributed by atoms with Crippen molar-refractivity contribution >= 4 is 5.91 Å². The van der Waals surface area contributed by atoms with E-state index in [9.17, 15) is 4.79 Å². The van der Waals surface area contributed by atoms with Crippen LogP contribution in [0.3, 0.4) is 0 Å². The van der Waals surface area contributed by atoms with Crippen LogP contribution in [0.5, 0.6) is 0 Å². The molecule has 2 fully saturated rings. The standard InChI is InChI=1S/C9H16N2O2/c1-6-2-3-8-11(6)9(12)7(10)4-5-13-8/h6-8H,2-5,10H2,1H3. The first kappa shape index (κ1) is 8.97. The second-order valence-electron chi connectivity index (χ2n) is 3.89. The Morgan fingerprint density at radius 2 is 2.23 bits per heavy atom. The molecule has 74 valence electrons. The largest absolute Gasteiger partial charge is 0.358 e. The van der Waals surface area contributed by atoms with Crippen molar-refractivity contribution in [3.8, 4) is 0 Å². The predicted octanol–water partition coefficient (Wildman–Crippen LogP) is 0.0710. The average molecular weight is 184 g/mol. The number of nitrogens with two attached hydrogens (primary N) is 1. The van der Waals surface area contributed by atoms with Crippen LogP contribution in [-0.2, 0) is 9.53 Å². The van der Waals surface area contributed by atoms with Crippen LogP contribution in [0.15, 0.2) is 0 Å². The van der Waals surface area contributed by atoms with Gasteiger partial charge in [-0.25, -0.2) is 0 Å². The van der Waals surface area contributed by atoms with Gasteiger partial charge in [0, 0.05) is 6.04 Å². The zero-order valence-corrected chi connectivity index (χ0v) is 7.90. The van der Waals surface area contributed by atoms with E-state index in [2.05, 4.69) is 6.92 Å². The highest BCUT2D eigenvalue weighted by Crippen LogP contribution is 2.27. The van der Waals surface area contributed by atoms with Crippen molar-refractivity contribution in [2.45, 2.75) is 44.5 Å². The second kappa shape index (κ2) is 3.27. The summed E-state index contributed by atoms with van der Waals surface area (Å²) in [5, 5.41) is 0.